The average molecular weight is 399 g/mol. The number of hydrogen-bond donors (Lipinski definition) is 0. The summed E-state index contributed by atoms with van der Waals surface area (Å²) in [7, 11) is 0.318. The van der Waals surface area contributed by atoms with E-state index in [1.165, 1.54) is 115 Å². The van der Waals surface area contributed by atoms with Crippen LogP contribution >= 0.6 is 7.92 Å². The molecule has 0 aromatic rings. The third-order valence-electron chi connectivity index (χ3n) is 5.57. The fraction of sp³-hybridized carbons (Fsp3) is 1.00. The van der Waals surface area contributed by atoms with Crippen LogP contribution in [0.1, 0.15) is 137 Å². The van der Waals surface area contributed by atoms with Crippen LogP contribution in [0.2, 0.25) is 0 Å². The molecule has 0 radical (unpaired) electrons. The molecule has 0 aliphatic heterocycles. The molecule has 0 aliphatic carbocycles. The summed E-state index contributed by atoms with van der Waals surface area (Å²) in [5.74, 6) is 1.80. The molecule has 0 unspecified atom stereocenters. The van der Waals surface area contributed by atoms with Crippen LogP contribution in [0, 0.1) is 11.8 Å². The number of rotatable bonds is 21. The van der Waals surface area contributed by atoms with Gasteiger partial charge in [0.05, 0.1) is 0 Å². The summed E-state index contributed by atoms with van der Waals surface area (Å²) in [6.07, 6.45) is 28.2. The van der Waals surface area contributed by atoms with E-state index in [2.05, 4.69) is 34.6 Å². The molecule has 0 amide bonds. The van der Waals surface area contributed by atoms with Gasteiger partial charge in [-0.05, 0) is 36.7 Å². The van der Waals surface area contributed by atoms with E-state index in [0.29, 0.717) is 7.92 Å². The van der Waals surface area contributed by atoms with E-state index in [1.807, 2.05) is 0 Å². The lowest BCUT2D eigenvalue weighted by atomic mass is 10.0. The lowest BCUT2D eigenvalue weighted by molar-refractivity contribution is 0.531. The molecule has 0 fully saturated rings. The van der Waals surface area contributed by atoms with Crippen LogP contribution in [0.25, 0.3) is 0 Å². The van der Waals surface area contributed by atoms with Gasteiger partial charge in [-0.1, -0.05) is 131 Å². The van der Waals surface area contributed by atoms with Crippen LogP contribution in [0.3, 0.4) is 0 Å². The largest absolute Gasteiger partial charge is 0.106 e. The van der Waals surface area contributed by atoms with E-state index in [4.69, 9.17) is 0 Å². The second kappa shape index (κ2) is 21.1. The maximum Gasteiger partial charge on any atom is -0.0303 e. The number of unbranched alkanes of at least 4 members (excludes halogenated alkanes) is 15. The molecule has 0 spiro atoms. The van der Waals surface area contributed by atoms with E-state index in [9.17, 15) is 0 Å². The fourth-order valence-electron chi connectivity index (χ4n) is 4.17. The van der Waals surface area contributed by atoms with Gasteiger partial charge < -0.3 is 0 Å². The van der Waals surface area contributed by atoms with Gasteiger partial charge >= 0.3 is 0 Å². The summed E-state index contributed by atoms with van der Waals surface area (Å²) in [6, 6.07) is 0. The zero-order valence-electron chi connectivity index (χ0n) is 20.0. The van der Waals surface area contributed by atoms with Crippen molar-refractivity contribution in [2.45, 2.75) is 137 Å². The van der Waals surface area contributed by atoms with Crippen LogP contribution in [0.15, 0.2) is 0 Å². The molecular weight excluding hydrogens is 343 g/mol. The monoisotopic (exact) mass is 398 g/mol. The van der Waals surface area contributed by atoms with Crippen molar-refractivity contribution >= 4 is 7.92 Å². The Kier molecular flexibility index (Phi) is 21.5. The first-order chi connectivity index (χ1) is 13.1. The molecule has 27 heavy (non-hydrogen) atoms. The highest BCUT2D eigenvalue weighted by molar-refractivity contribution is 7.57. The Morgan fingerprint density at radius 1 is 0.444 bits per heavy atom. The lowest BCUT2D eigenvalue weighted by Crippen LogP contribution is -2.05. The highest BCUT2D eigenvalue weighted by atomic mass is 31.1. The fourth-order valence-corrected chi connectivity index (χ4v) is 7.42. The molecule has 164 valence electrons. The molecule has 0 atom stereocenters. The van der Waals surface area contributed by atoms with Gasteiger partial charge in [0.1, 0.15) is 0 Å². The van der Waals surface area contributed by atoms with Gasteiger partial charge in [-0.25, -0.2) is 0 Å². The van der Waals surface area contributed by atoms with E-state index >= 15 is 0 Å². The predicted molar refractivity (Wildman–Crippen MR) is 131 cm³/mol. The molecule has 0 heterocycles. The number of hydrogen-bond acceptors (Lipinski definition) is 0. The van der Waals surface area contributed by atoms with Gasteiger partial charge in [0, 0.05) is 0 Å². The Morgan fingerprint density at radius 3 is 1.04 bits per heavy atom. The van der Waals surface area contributed by atoms with E-state index in [0.717, 1.165) is 11.8 Å². The van der Waals surface area contributed by atoms with Crippen LogP contribution in [0.5, 0.6) is 0 Å². The molecule has 0 saturated carbocycles. The van der Waals surface area contributed by atoms with Gasteiger partial charge in [-0.3, -0.25) is 0 Å². The van der Waals surface area contributed by atoms with Crippen molar-refractivity contribution in [3.05, 3.63) is 0 Å². The molecule has 0 aliphatic rings. The molecule has 0 aromatic heterocycles. The molecule has 0 nitrogen and oxygen atoms in total. The Morgan fingerprint density at radius 2 is 0.741 bits per heavy atom. The van der Waals surface area contributed by atoms with Crippen LogP contribution in [-0.4, -0.2) is 18.5 Å². The van der Waals surface area contributed by atoms with Crippen molar-refractivity contribution in [3.63, 3.8) is 0 Å². The summed E-state index contributed by atoms with van der Waals surface area (Å²) < 4.78 is 0. The van der Waals surface area contributed by atoms with Crippen molar-refractivity contribution in [1.82, 2.24) is 0 Å². The standard InChI is InChI=1S/C26H55P/c1-6-7-8-9-10-11-12-13-14-15-16-17-18-19-20-21-22-27(23-25(2)3)24-26(4)5/h25-26H,6-24H2,1-5H3. The van der Waals surface area contributed by atoms with Crippen molar-refractivity contribution in [2.24, 2.45) is 11.8 Å². The Bertz CT molecular complexity index is 261. The first-order valence-corrected chi connectivity index (χ1v) is 14.7. The minimum absolute atomic E-state index is 0.318. The first-order valence-electron chi connectivity index (χ1n) is 12.8. The average Bonchev–Trinajstić information content (AvgIpc) is 2.60. The van der Waals surface area contributed by atoms with Crippen molar-refractivity contribution in [2.75, 3.05) is 18.5 Å². The zero-order chi connectivity index (χ0) is 20.2. The van der Waals surface area contributed by atoms with E-state index < -0.39 is 0 Å². The Hall–Kier alpha value is 0.430. The minimum atomic E-state index is 0.318. The lowest BCUT2D eigenvalue weighted by Gasteiger charge is -2.21. The van der Waals surface area contributed by atoms with Crippen molar-refractivity contribution in [1.29, 1.82) is 0 Å². The molecule has 0 aromatic carbocycles. The normalized spacial score (nSPS) is 12.0. The van der Waals surface area contributed by atoms with E-state index in [1.54, 1.807) is 6.16 Å². The maximum atomic E-state index is 2.41. The molecule has 0 rings (SSSR count). The quantitative estimate of drug-likeness (QED) is 0.133. The minimum Gasteiger partial charge on any atom is -0.106 e. The highest BCUT2D eigenvalue weighted by Gasteiger charge is 2.11. The zero-order valence-corrected chi connectivity index (χ0v) is 20.9. The Labute approximate surface area is 175 Å². The van der Waals surface area contributed by atoms with Gasteiger partial charge in [0.2, 0.25) is 0 Å². The Balaban J connectivity index is 3.30. The van der Waals surface area contributed by atoms with Gasteiger partial charge in [-0.15, -0.1) is 7.92 Å². The molecular formula is C26H55P. The summed E-state index contributed by atoms with van der Waals surface area (Å²) in [5.41, 5.74) is 0. The summed E-state index contributed by atoms with van der Waals surface area (Å²) in [6.45, 7) is 11.9. The maximum absolute atomic E-state index is 2.41. The van der Waals surface area contributed by atoms with Crippen LogP contribution in [0.4, 0.5) is 0 Å². The van der Waals surface area contributed by atoms with Crippen LogP contribution < -0.4 is 0 Å². The van der Waals surface area contributed by atoms with Crippen molar-refractivity contribution in [3.8, 4) is 0 Å². The smallest absolute Gasteiger partial charge is 0.0303 e. The molecule has 0 N–H and O–H groups in total. The third-order valence-corrected chi connectivity index (χ3v) is 9.02. The topological polar surface area (TPSA) is 0 Å². The van der Waals surface area contributed by atoms with Gasteiger partial charge in [-0.2, -0.15) is 0 Å². The predicted octanol–water partition coefficient (Wildman–Crippen LogP) is 10.0. The molecule has 1 heteroatoms. The van der Waals surface area contributed by atoms with E-state index in [-0.39, 0.29) is 0 Å². The summed E-state index contributed by atoms with van der Waals surface area (Å²) in [5, 5.41) is 0. The molecule has 0 saturated heterocycles. The summed E-state index contributed by atoms with van der Waals surface area (Å²) >= 11 is 0. The SMILES string of the molecule is CCCCCCCCCCCCCCCCCCP(CC(C)C)CC(C)C. The molecule has 0 bridgehead atoms. The third kappa shape index (κ3) is 22.6. The highest BCUT2D eigenvalue weighted by Crippen LogP contribution is 2.40. The second-order valence-corrected chi connectivity index (χ2v) is 12.4. The summed E-state index contributed by atoms with van der Waals surface area (Å²) in [4.78, 5) is 0. The first kappa shape index (κ1) is 27.4. The van der Waals surface area contributed by atoms with Gasteiger partial charge in [0.15, 0.2) is 0 Å². The van der Waals surface area contributed by atoms with Gasteiger partial charge in [0.25, 0.3) is 0 Å². The van der Waals surface area contributed by atoms with Crippen LogP contribution in [-0.2, 0) is 0 Å². The van der Waals surface area contributed by atoms with Crippen molar-refractivity contribution < 1.29 is 0 Å². The second-order valence-electron chi connectivity index (χ2n) is 9.85.